The zero-order chi connectivity index (χ0) is 14.1. The summed E-state index contributed by atoms with van der Waals surface area (Å²) < 4.78 is 0. The van der Waals surface area contributed by atoms with E-state index in [1.807, 2.05) is 17.0 Å². The van der Waals surface area contributed by atoms with Crippen LogP contribution in [0, 0.1) is 6.92 Å². The van der Waals surface area contributed by atoms with Gasteiger partial charge in [-0.15, -0.1) is 0 Å². The van der Waals surface area contributed by atoms with Crippen LogP contribution in [-0.4, -0.2) is 30.4 Å². The van der Waals surface area contributed by atoms with Crippen molar-refractivity contribution in [3.63, 3.8) is 0 Å². The van der Waals surface area contributed by atoms with Gasteiger partial charge >= 0.3 is 0 Å². The Hall–Kier alpha value is -1.35. The van der Waals surface area contributed by atoms with Gasteiger partial charge in [0.15, 0.2) is 0 Å². The Balaban J connectivity index is 2.50. The number of nitrogens with two attached hydrogens (primary N) is 1. The number of nitrogens with zero attached hydrogens (tertiary/aromatic N) is 1. The molecule has 0 aliphatic rings. The molecule has 0 saturated heterocycles. The average Bonchev–Trinajstić information content (AvgIpc) is 2.42. The van der Waals surface area contributed by atoms with Crippen LogP contribution in [0.25, 0.3) is 0 Å². The zero-order valence-corrected chi connectivity index (χ0v) is 12.2. The van der Waals surface area contributed by atoms with Crippen LogP contribution >= 0.6 is 0 Å². The summed E-state index contributed by atoms with van der Waals surface area (Å²) >= 11 is 0. The maximum atomic E-state index is 12.2. The van der Waals surface area contributed by atoms with Gasteiger partial charge in [0.25, 0.3) is 0 Å². The minimum absolute atomic E-state index is 0.249. The Labute approximate surface area is 116 Å². The van der Waals surface area contributed by atoms with E-state index in [4.69, 9.17) is 5.73 Å². The first kappa shape index (κ1) is 15.7. The molecule has 3 nitrogen and oxygen atoms in total. The highest BCUT2D eigenvalue weighted by molar-refractivity contribution is 5.76. The van der Waals surface area contributed by atoms with Crippen LogP contribution < -0.4 is 5.73 Å². The standard InChI is InChI=1S/C16H26N2O/c1-3-12-18(13-6-11-17)16(19)10-9-15-8-5-4-7-14(15)2/h4-5,7-8H,3,6,9-13,17H2,1-2H3. The Morgan fingerprint density at radius 3 is 2.63 bits per heavy atom. The van der Waals surface area contributed by atoms with Crippen molar-refractivity contribution < 1.29 is 4.79 Å². The van der Waals surface area contributed by atoms with E-state index >= 15 is 0 Å². The van der Waals surface area contributed by atoms with E-state index in [-0.39, 0.29) is 5.91 Å². The first-order valence-corrected chi connectivity index (χ1v) is 7.21. The second-order valence-corrected chi connectivity index (χ2v) is 4.95. The number of carbonyl (C=O) groups excluding carboxylic acids is 1. The normalized spacial score (nSPS) is 10.5. The van der Waals surface area contributed by atoms with Crippen LogP contribution in [-0.2, 0) is 11.2 Å². The molecule has 0 atom stereocenters. The van der Waals surface area contributed by atoms with Gasteiger partial charge in [-0.3, -0.25) is 4.79 Å². The molecule has 0 unspecified atom stereocenters. The molecule has 0 spiro atoms. The molecule has 2 N–H and O–H groups in total. The van der Waals surface area contributed by atoms with E-state index < -0.39 is 0 Å². The summed E-state index contributed by atoms with van der Waals surface area (Å²) in [6, 6.07) is 8.26. The molecular formula is C16H26N2O. The van der Waals surface area contributed by atoms with E-state index in [9.17, 15) is 4.79 Å². The summed E-state index contributed by atoms with van der Waals surface area (Å²) in [5, 5.41) is 0. The van der Waals surface area contributed by atoms with Gasteiger partial charge in [0.1, 0.15) is 0 Å². The minimum atomic E-state index is 0.249. The van der Waals surface area contributed by atoms with Crippen molar-refractivity contribution in [3.05, 3.63) is 35.4 Å². The topological polar surface area (TPSA) is 46.3 Å². The SMILES string of the molecule is CCCN(CCCN)C(=O)CCc1ccccc1C. The van der Waals surface area contributed by atoms with Crippen LogP contribution in [0.15, 0.2) is 24.3 Å². The molecule has 0 saturated carbocycles. The van der Waals surface area contributed by atoms with E-state index in [1.54, 1.807) is 0 Å². The monoisotopic (exact) mass is 262 g/mol. The third-order valence-electron chi connectivity index (χ3n) is 3.35. The third-order valence-corrected chi connectivity index (χ3v) is 3.35. The molecule has 106 valence electrons. The number of rotatable bonds is 8. The number of carbonyl (C=O) groups is 1. The molecule has 0 heterocycles. The van der Waals surface area contributed by atoms with Gasteiger partial charge in [-0.2, -0.15) is 0 Å². The molecule has 1 rings (SSSR count). The Morgan fingerprint density at radius 1 is 1.26 bits per heavy atom. The fourth-order valence-corrected chi connectivity index (χ4v) is 2.20. The summed E-state index contributed by atoms with van der Waals surface area (Å²) in [4.78, 5) is 14.2. The van der Waals surface area contributed by atoms with Crippen molar-refractivity contribution in [2.45, 2.75) is 39.5 Å². The summed E-state index contributed by atoms with van der Waals surface area (Å²) in [5.41, 5.74) is 8.05. The van der Waals surface area contributed by atoms with Crippen molar-refractivity contribution in [3.8, 4) is 0 Å². The molecule has 3 heteroatoms. The van der Waals surface area contributed by atoms with Gasteiger partial charge in [-0.05, 0) is 43.9 Å². The summed E-state index contributed by atoms with van der Waals surface area (Å²) in [5.74, 6) is 0.249. The van der Waals surface area contributed by atoms with Gasteiger partial charge in [-0.25, -0.2) is 0 Å². The number of amides is 1. The van der Waals surface area contributed by atoms with Crippen molar-refractivity contribution in [1.29, 1.82) is 0 Å². The van der Waals surface area contributed by atoms with E-state index in [0.29, 0.717) is 13.0 Å². The fourth-order valence-electron chi connectivity index (χ4n) is 2.20. The number of hydrogen-bond acceptors (Lipinski definition) is 2. The molecule has 0 aliphatic carbocycles. The van der Waals surface area contributed by atoms with Gasteiger partial charge in [-0.1, -0.05) is 31.2 Å². The molecule has 0 radical (unpaired) electrons. The van der Waals surface area contributed by atoms with Gasteiger partial charge in [0.05, 0.1) is 0 Å². The maximum Gasteiger partial charge on any atom is 0.222 e. The molecule has 19 heavy (non-hydrogen) atoms. The van der Waals surface area contributed by atoms with Crippen molar-refractivity contribution in [2.75, 3.05) is 19.6 Å². The Kier molecular flexibility index (Phi) is 7.19. The highest BCUT2D eigenvalue weighted by Gasteiger charge is 2.12. The van der Waals surface area contributed by atoms with Crippen molar-refractivity contribution >= 4 is 5.91 Å². The second kappa shape index (κ2) is 8.70. The lowest BCUT2D eigenvalue weighted by Gasteiger charge is -2.22. The van der Waals surface area contributed by atoms with Crippen LogP contribution in [0.2, 0.25) is 0 Å². The van der Waals surface area contributed by atoms with Crippen LogP contribution in [0.5, 0.6) is 0 Å². The highest BCUT2D eigenvalue weighted by Crippen LogP contribution is 2.11. The zero-order valence-electron chi connectivity index (χ0n) is 12.2. The number of aryl methyl sites for hydroxylation is 2. The summed E-state index contributed by atoms with van der Waals surface area (Å²) in [6.07, 6.45) is 3.31. The number of benzene rings is 1. The highest BCUT2D eigenvalue weighted by atomic mass is 16.2. The second-order valence-electron chi connectivity index (χ2n) is 4.95. The molecule has 1 aromatic carbocycles. The Bertz CT molecular complexity index is 390. The first-order valence-electron chi connectivity index (χ1n) is 7.21. The smallest absolute Gasteiger partial charge is 0.222 e. The van der Waals surface area contributed by atoms with Crippen molar-refractivity contribution in [2.24, 2.45) is 5.73 Å². The van der Waals surface area contributed by atoms with Gasteiger partial charge in [0.2, 0.25) is 5.91 Å². The summed E-state index contributed by atoms with van der Waals surface area (Å²) in [6.45, 7) is 6.47. The molecule has 0 bridgehead atoms. The average molecular weight is 262 g/mol. The van der Waals surface area contributed by atoms with Crippen molar-refractivity contribution in [1.82, 2.24) is 4.90 Å². The predicted molar refractivity (Wildman–Crippen MR) is 80.0 cm³/mol. The lowest BCUT2D eigenvalue weighted by Crippen LogP contribution is -2.33. The minimum Gasteiger partial charge on any atom is -0.343 e. The molecule has 1 amide bonds. The first-order chi connectivity index (χ1) is 9.19. The largest absolute Gasteiger partial charge is 0.343 e. The Morgan fingerprint density at radius 2 is 2.00 bits per heavy atom. The van der Waals surface area contributed by atoms with E-state index in [1.165, 1.54) is 11.1 Å². The van der Waals surface area contributed by atoms with E-state index in [0.717, 1.165) is 32.4 Å². The van der Waals surface area contributed by atoms with E-state index in [2.05, 4.69) is 26.0 Å². The quantitative estimate of drug-likeness (QED) is 0.782. The molecule has 0 aromatic heterocycles. The predicted octanol–water partition coefficient (Wildman–Crippen LogP) is 2.52. The summed E-state index contributed by atoms with van der Waals surface area (Å²) in [7, 11) is 0. The third kappa shape index (κ3) is 5.43. The van der Waals surface area contributed by atoms with Crippen LogP contribution in [0.3, 0.4) is 0 Å². The van der Waals surface area contributed by atoms with Crippen LogP contribution in [0.1, 0.15) is 37.3 Å². The lowest BCUT2D eigenvalue weighted by molar-refractivity contribution is -0.131. The fraction of sp³-hybridized carbons (Fsp3) is 0.562. The number of hydrogen-bond donors (Lipinski definition) is 1. The molecule has 0 fully saturated rings. The van der Waals surface area contributed by atoms with Gasteiger partial charge < -0.3 is 10.6 Å². The molecular weight excluding hydrogens is 236 g/mol. The van der Waals surface area contributed by atoms with Gasteiger partial charge in [0, 0.05) is 19.5 Å². The van der Waals surface area contributed by atoms with Crippen LogP contribution in [0.4, 0.5) is 0 Å². The lowest BCUT2D eigenvalue weighted by atomic mass is 10.0. The molecule has 1 aromatic rings. The maximum absolute atomic E-state index is 12.2. The molecule has 0 aliphatic heterocycles.